The second-order valence-corrected chi connectivity index (χ2v) is 4.73. The van der Waals surface area contributed by atoms with Crippen LogP contribution in [0.25, 0.3) is 0 Å². The van der Waals surface area contributed by atoms with Gasteiger partial charge in [-0.3, -0.25) is 4.68 Å². The quantitative estimate of drug-likeness (QED) is 0.777. The molecule has 0 aliphatic carbocycles. The molecule has 1 aliphatic heterocycles. The average molecular weight is 238 g/mol. The number of rotatable bonds is 5. The number of nitrogens with zero attached hydrogens (tertiary/aromatic N) is 3. The van der Waals surface area contributed by atoms with Crippen LogP contribution in [0.1, 0.15) is 5.56 Å². The Balaban J connectivity index is 1.68. The first-order valence-corrected chi connectivity index (χ1v) is 6.22. The molecular weight excluding hydrogens is 216 g/mol. The fourth-order valence-corrected chi connectivity index (χ4v) is 2.10. The van der Waals surface area contributed by atoms with Gasteiger partial charge in [-0.1, -0.05) is 0 Å². The van der Waals surface area contributed by atoms with Crippen LogP contribution in [0, 0.1) is 0 Å². The zero-order valence-corrected chi connectivity index (χ0v) is 10.7. The first-order chi connectivity index (χ1) is 8.24. The van der Waals surface area contributed by atoms with Crippen molar-refractivity contribution < 1.29 is 4.74 Å². The van der Waals surface area contributed by atoms with Gasteiger partial charge in [0.25, 0.3) is 0 Å². The lowest BCUT2D eigenvalue weighted by atomic mass is 10.2. The van der Waals surface area contributed by atoms with Crippen molar-refractivity contribution in [2.45, 2.75) is 12.5 Å². The summed E-state index contributed by atoms with van der Waals surface area (Å²) in [6, 6.07) is 0. The van der Waals surface area contributed by atoms with Gasteiger partial charge < -0.3 is 15.0 Å². The van der Waals surface area contributed by atoms with Crippen molar-refractivity contribution in [2.24, 2.45) is 7.05 Å². The van der Waals surface area contributed by atoms with Gasteiger partial charge in [-0.15, -0.1) is 0 Å². The van der Waals surface area contributed by atoms with Crippen LogP contribution in [-0.4, -0.2) is 60.6 Å². The summed E-state index contributed by atoms with van der Waals surface area (Å²) in [6.07, 6.45) is 5.39. The van der Waals surface area contributed by atoms with Crippen LogP contribution in [0.5, 0.6) is 0 Å². The highest BCUT2D eigenvalue weighted by atomic mass is 16.5. The molecule has 1 atom stereocenters. The summed E-state index contributed by atoms with van der Waals surface area (Å²) in [5.41, 5.74) is 1.29. The SMILES string of the molecule is CN(CCc1cnn(C)c1)CC1CNCCO1. The molecule has 0 aromatic carbocycles. The second-order valence-electron chi connectivity index (χ2n) is 4.73. The Morgan fingerprint density at radius 3 is 3.18 bits per heavy atom. The van der Waals surface area contributed by atoms with E-state index in [1.807, 2.05) is 17.9 Å². The highest BCUT2D eigenvalue weighted by molar-refractivity contribution is 5.03. The topological polar surface area (TPSA) is 42.3 Å². The maximum absolute atomic E-state index is 5.68. The molecule has 5 nitrogen and oxygen atoms in total. The molecule has 96 valence electrons. The molecule has 2 heterocycles. The third-order valence-electron chi connectivity index (χ3n) is 3.06. The maximum Gasteiger partial charge on any atom is 0.0826 e. The number of ether oxygens (including phenoxy) is 1. The van der Waals surface area contributed by atoms with Gasteiger partial charge >= 0.3 is 0 Å². The van der Waals surface area contributed by atoms with Gasteiger partial charge in [0.2, 0.25) is 0 Å². The van der Waals surface area contributed by atoms with Gasteiger partial charge in [0.1, 0.15) is 0 Å². The third kappa shape index (κ3) is 4.11. The zero-order valence-electron chi connectivity index (χ0n) is 10.7. The predicted molar refractivity (Wildman–Crippen MR) is 67.0 cm³/mol. The molecule has 1 fully saturated rings. The van der Waals surface area contributed by atoms with Crippen LogP contribution in [-0.2, 0) is 18.2 Å². The Morgan fingerprint density at radius 1 is 1.65 bits per heavy atom. The van der Waals surface area contributed by atoms with Crippen molar-refractivity contribution in [3.63, 3.8) is 0 Å². The molecule has 17 heavy (non-hydrogen) atoms. The van der Waals surface area contributed by atoms with E-state index in [9.17, 15) is 0 Å². The van der Waals surface area contributed by atoms with Crippen LogP contribution in [0.4, 0.5) is 0 Å². The number of hydrogen-bond acceptors (Lipinski definition) is 4. The van der Waals surface area contributed by atoms with Gasteiger partial charge in [-0.05, 0) is 19.0 Å². The minimum atomic E-state index is 0.336. The fraction of sp³-hybridized carbons (Fsp3) is 0.750. The van der Waals surface area contributed by atoms with Gasteiger partial charge in [0.05, 0.1) is 18.9 Å². The molecule has 1 N–H and O–H groups in total. The summed E-state index contributed by atoms with van der Waals surface area (Å²) in [4.78, 5) is 2.32. The summed E-state index contributed by atoms with van der Waals surface area (Å²) < 4.78 is 7.53. The molecule has 1 aliphatic rings. The van der Waals surface area contributed by atoms with E-state index >= 15 is 0 Å². The minimum absolute atomic E-state index is 0.336. The molecule has 0 bridgehead atoms. The number of aromatic nitrogens is 2. The number of morpholine rings is 1. The van der Waals surface area contributed by atoms with Gasteiger partial charge in [0, 0.05) is 39.4 Å². The number of hydrogen-bond donors (Lipinski definition) is 1. The highest BCUT2D eigenvalue weighted by Crippen LogP contribution is 2.02. The molecule has 5 heteroatoms. The highest BCUT2D eigenvalue weighted by Gasteiger charge is 2.15. The summed E-state index contributed by atoms with van der Waals surface area (Å²) in [5.74, 6) is 0. The Bertz CT molecular complexity index is 333. The van der Waals surface area contributed by atoms with Crippen LogP contribution in [0.2, 0.25) is 0 Å². The Labute approximate surface area is 103 Å². The molecular formula is C12H22N4O. The molecule has 1 aromatic heterocycles. The lowest BCUT2D eigenvalue weighted by Gasteiger charge is -2.27. The van der Waals surface area contributed by atoms with Crippen LogP contribution in [0.15, 0.2) is 12.4 Å². The van der Waals surface area contributed by atoms with Gasteiger partial charge in [-0.2, -0.15) is 5.10 Å². The van der Waals surface area contributed by atoms with Gasteiger partial charge in [0.15, 0.2) is 0 Å². The minimum Gasteiger partial charge on any atom is -0.374 e. The molecule has 1 aromatic rings. The van der Waals surface area contributed by atoms with Gasteiger partial charge in [-0.25, -0.2) is 0 Å². The molecule has 0 amide bonds. The Morgan fingerprint density at radius 2 is 2.53 bits per heavy atom. The molecule has 1 unspecified atom stereocenters. The summed E-state index contributed by atoms with van der Waals surface area (Å²) >= 11 is 0. The van der Waals surface area contributed by atoms with E-state index < -0.39 is 0 Å². The van der Waals surface area contributed by atoms with E-state index in [4.69, 9.17) is 4.74 Å². The molecule has 0 saturated carbocycles. The van der Waals surface area contributed by atoms with E-state index in [1.165, 1.54) is 5.56 Å². The van der Waals surface area contributed by atoms with Crippen molar-refractivity contribution >= 4 is 0 Å². The predicted octanol–water partition coefficient (Wildman–Crippen LogP) is -0.117. The second kappa shape index (κ2) is 6.14. The van der Waals surface area contributed by atoms with Crippen LogP contribution >= 0.6 is 0 Å². The third-order valence-corrected chi connectivity index (χ3v) is 3.06. The lowest BCUT2D eigenvalue weighted by molar-refractivity contribution is 0.0103. The molecule has 2 rings (SSSR count). The van der Waals surface area contributed by atoms with Crippen molar-refractivity contribution in [3.05, 3.63) is 18.0 Å². The summed E-state index contributed by atoms with van der Waals surface area (Å²) in [6.45, 7) is 4.83. The van der Waals surface area contributed by atoms with E-state index in [1.54, 1.807) is 0 Å². The van der Waals surface area contributed by atoms with Crippen molar-refractivity contribution in [1.82, 2.24) is 20.0 Å². The summed E-state index contributed by atoms with van der Waals surface area (Å²) in [7, 11) is 4.10. The standard InChI is InChI=1S/C12H22N4O/c1-15(10-12-8-13-4-6-17-12)5-3-11-7-14-16(2)9-11/h7,9,12-13H,3-6,8,10H2,1-2H3. The normalized spacial score (nSPS) is 21.0. The van der Waals surface area contributed by atoms with E-state index in [0.717, 1.165) is 39.2 Å². The molecule has 0 radical (unpaired) electrons. The monoisotopic (exact) mass is 238 g/mol. The first kappa shape index (κ1) is 12.5. The number of likely N-dealkylation sites (N-methyl/N-ethyl adjacent to an activating group) is 1. The smallest absolute Gasteiger partial charge is 0.0826 e. The Hall–Kier alpha value is -0.910. The fourth-order valence-electron chi connectivity index (χ4n) is 2.10. The average Bonchev–Trinajstić information content (AvgIpc) is 2.74. The lowest BCUT2D eigenvalue weighted by Crippen LogP contribution is -2.44. The first-order valence-electron chi connectivity index (χ1n) is 6.22. The van der Waals surface area contributed by atoms with Crippen molar-refractivity contribution in [2.75, 3.05) is 39.8 Å². The largest absolute Gasteiger partial charge is 0.374 e. The van der Waals surface area contributed by atoms with Crippen molar-refractivity contribution in [3.8, 4) is 0 Å². The Kier molecular flexibility index (Phi) is 4.53. The van der Waals surface area contributed by atoms with E-state index in [0.29, 0.717) is 6.10 Å². The number of nitrogens with one attached hydrogen (secondary N) is 1. The molecule has 0 spiro atoms. The zero-order chi connectivity index (χ0) is 12.1. The number of aryl methyl sites for hydroxylation is 1. The van der Waals surface area contributed by atoms with E-state index in [-0.39, 0.29) is 0 Å². The summed E-state index contributed by atoms with van der Waals surface area (Å²) in [5, 5.41) is 7.53. The van der Waals surface area contributed by atoms with Crippen LogP contribution in [0.3, 0.4) is 0 Å². The molecule has 1 saturated heterocycles. The van der Waals surface area contributed by atoms with E-state index in [2.05, 4.69) is 28.6 Å². The maximum atomic E-state index is 5.68. The van der Waals surface area contributed by atoms with Crippen molar-refractivity contribution in [1.29, 1.82) is 0 Å². The van der Waals surface area contributed by atoms with Crippen LogP contribution < -0.4 is 5.32 Å².